The minimum atomic E-state index is -0.566. The Balaban J connectivity index is 2.54. The number of fused-ring (bicyclic) bond motifs is 1. The third-order valence-electron chi connectivity index (χ3n) is 2.06. The lowest BCUT2D eigenvalue weighted by molar-refractivity contribution is 0.0966. The number of pyridine rings is 1. The fraction of sp³-hybridized carbons (Fsp3) is 0.333. The predicted molar refractivity (Wildman–Crippen MR) is 41.5 cm³/mol. The van der Waals surface area contributed by atoms with Crippen LogP contribution in [0, 0.1) is 5.95 Å². The first-order chi connectivity index (χ1) is 5.77. The summed E-state index contributed by atoms with van der Waals surface area (Å²) in [6, 6.07) is 2.95. The van der Waals surface area contributed by atoms with Crippen LogP contribution in [0.3, 0.4) is 0 Å². The zero-order chi connectivity index (χ0) is 8.55. The Kier molecular flexibility index (Phi) is 1.64. The number of nitrogens with zero attached hydrogens (tertiary/aromatic N) is 1. The highest BCUT2D eigenvalue weighted by atomic mass is 19.1. The Morgan fingerprint density at radius 3 is 3.00 bits per heavy atom. The number of hydrogen-bond acceptors (Lipinski definition) is 2. The molecule has 3 heteroatoms. The van der Waals surface area contributed by atoms with Crippen molar-refractivity contribution < 1.29 is 9.18 Å². The lowest BCUT2D eigenvalue weighted by atomic mass is 9.95. The summed E-state index contributed by atoms with van der Waals surface area (Å²) in [5, 5.41) is 0. The molecule has 0 amide bonds. The van der Waals surface area contributed by atoms with E-state index in [0.717, 1.165) is 18.4 Å². The van der Waals surface area contributed by atoms with Gasteiger partial charge in [0.05, 0.1) is 0 Å². The Morgan fingerprint density at radius 1 is 1.33 bits per heavy atom. The first-order valence-electron chi connectivity index (χ1n) is 3.96. The number of carbonyl (C=O) groups excluding carboxylic acids is 1. The average molecular weight is 165 g/mol. The van der Waals surface area contributed by atoms with Crippen molar-refractivity contribution in [2.24, 2.45) is 0 Å². The molecule has 12 heavy (non-hydrogen) atoms. The smallest absolute Gasteiger partial charge is 0.213 e. The number of halogens is 1. The summed E-state index contributed by atoms with van der Waals surface area (Å²) in [7, 11) is 0. The molecule has 0 spiro atoms. The van der Waals surface area contributed by atoms with Crippen LogP contribution in [0.25, 0.3) is 0 Å². The van der Waals surface area contributed by atoms with E-state index in [1.807, 2.05) is 0 Å². The second-order valence-corrected chi connectivity index (χ2v) is 2.92. The number of Topliss-reactive ketones (excluding diaryl/α,β-unsaturated/α-hetero) is 1. The van der Waals surface area contributed by atoms with Gasteiger partial charge in [0, 0.05) is 6.42 Å². The van der Waals surface area contributed by atoms with Gasteiger partial charge >= 0.3 is 0 Å². The largest absolute Gasteiger partial charge is 0.292 e. The minimum Gasteiger partial charge on any atom is -0.292 e. The first kappa shape index (κ1) is 7.40. The van der Waals surface area contributed by atoms with Crippen molar-refractivity contribution in [3.63, 3.8) is 0 Å². The van der Waals surface area contributed by atoms with E-state index in [4.69, 9.17) is 0 Å². The van der Waals surface area contributed by atoms with Gasteiger partial charge in [-0.2, -0.15) is 4.39 Å². The topological polar surface area (TPSA) is 30.0 Å². The Morgan fingerprint density at radius 2 is 2.17 bits per heavy atom. The van der Waals surface area contributed by atoms with Gasteiger partial charge in [0.2, 0.25) is 5.95 Å². The quantitative estimate of drug-likeness (QED) is 0.548. The monoisotopic (exact) mass is 165 g/mol. The van der Waals surface area contributed by atoms with Crippen LogP contribution in [-0.2, 0) is 6.42 Å². The molecular weight excluding hydrogens is 157 g/mol. The third kappa shape index (κ3) is 1.11. The second kappa shape index (κ2) is 2.66. The van der Waals surface area contributed by atoms with Crippen molar-refractivity contribution in [2.45, 2.75) is 19.3 Å². The number of ketones is 1. The maximum atomic E-state index is 12.6. The van der Waals surface area contributed by atoms with Crippen LogP contribution in [0.5, 0.6) is 0 Å². The molecule has 0 N–H and O–H groups in total. The molecule has 0 atom stereocenters. The zero-order valence-electron chi connectivity index (χ0n) is 6.51. The predicted octanol–water partition coefficient (Wildman–Crippen LogP) is 1.74. The van der Waals surface area contributed by atoms with Gasteiger partial charge in [-0.25, -0.2) is 4.98 Å². The number of aryl methyl sites for hydroxylation is 1. The summed E-state index contributed by atoms with van der Waals surface area (Å²) in [6.45, 7) is 0. The van der Waals surface area contributed by atoms with E-state index >= 15 is 0 Å². The van der Waals surface area contributed by atoms with E-state index in [0.29, 0.717) is 12.1 Å². The number of hydrogen-bond donors (Lipinski definition) is 0. The Hall–Kier alpha value is -1.25. The van der Waals surface area contributed by atoms with Crippen LogP contribution in [-0.4, -0.2) is 10.8 Å². The molecule has 62 valence electrons. The van der Waals surface area contributed by atoms with Gasteiger partial charge in [0.25, 0.3) is 0 Å². The number of carbonyl (C=O) groups is 1. The van der Waals surface area contributed by atoms with Crippen LogP contribution in [0.15, 0.2) is 12.1 Å². The molecule has 0 saturated heterocycles. The van der Waals surface area contributed by atoms with Crippen molar-refractivity contribution in [2.75, 3.05) is 0 Å². The highest BCUT2D eigenvalue weighted by Gasteiger charge is 2.18. The van der Waals surface area contributed by atoms with Crippen LogP contribution in [0.1, 0.15) is 28.9 Å². The molecule has 2 rings (SSSR count). The third-order valence-corrected chi connectivity index (χ3v) is 2.06. The summed E-state index contributed by atoms with van der Waals surface area (Å²) in [5.74, 6) is -0.597. The van der Waals surface area contributed by atoms with Gasteiger partial charge in [0.1, 0.15) is 5.69 Å². The molecule has 0 bridgehead atoms. The lowest BCUT2D eigenvalue weighted by Gasteiger charge is -2.12. The SMILES string of the molecule is O=C1CCCc2ccc(F)nc21. The lowest BCUT2D eigenvalue weighted by Crippen LogP contribution is -2.13. The fourth-order valence-corrected chi connectivity index (χ4v) is 1.47. The van der Waals surface area contributed by atoms with E-state index in [2.05, 4.69) is 4.98 Å². The van der Waals surface area contributed by atoms with E-state index in [-0.39, 0.29) is 5.78 Å². The van der Waals surface area contributed by atoms with Crippen molar-refractivity contribution >= 4 is 5.78 Å². The zero-order valence-corrected chi connectivity index (χ0v) is 6.51. The maximum Gasteiger partial charge on any atom is 0.213 e. The first-order valence-corrected chi connectivity index (χ1v) is 3.96. The van der Waals surface area contributed by atoms with Crippen LogP contribution in [0.4, 0.5) is 4.39 Å². The Bertz CT molecular complexity index is 335. The van der Waals surface area contributed by atoms with Crippen molar-refractivity contribution in [3.8, 4) is 0 Å². The molecule has 2 nitrogen and oxygen atoms in total. The summed E-state index contributed by atoms with van der Waals surface area (Å²) >= 11 is 0. The molecule has 0 radical (unpaired) electrons. The summed E-state index contributed by atoms with van der Waals surface area (Å²) in [5.41, 5.74) is 1.22. The molecule has 1 aromatic heterocycles. The maximum absolute atomic E-state index is 12.6. The molecule has 1 aliphatic carbocycles. The molecule has 1 aliphatic rings. The highest BCUT2D eigenvalue weighted by molar-refractivity contribution is 5.96. The van der Waals surface area contributed by atoms with Gasteiger partial charge in [-0.05, 0) is 24.5 Å². The van der Waals surface area contributed by atoms with Gasteiger partial charge in [-0.1, -0.05) is 6.07 Å². The van der Waals surface area contributed by atoms with E-state index in [1.54, 1.807) is 6.07 Å². The highest BCUT2D eigenvalue weighted by Crippen LogP contribution is 2.18. The summed E-state index contributed by atoms with van der Waals surface area (Å²) < 4.78 is 12.6. The van der Waals surface area contributed by atoms with Gasteiger partial charge in [-0.3, -0.25) is 4.79 Å². The van der Waals surface area contributed by atoms with E-state index < -0.39 is 5.95 Å². The van der Waals surface area contributed by atoms with Crippen LogP contribution >= 0.6 is 0 Å². The standard InChI is InChI=1S/C9H8FNO/c10-8-5-4-6-2-1-3-7(12)9(6)11-8/h4-5H,1-3H2. The van der Waals surface area contributed by atoms with E-state index in [9.17, 15) is 9.18 Å². The fourth-order valence-electron chi connectivity index (χ4n) is 1.47. The van der Waals surface area contributed by atoms with Crippen molar-refractivity contribution in [1.82, 2.24) is 4.98 Å². The average Bonchev–Trinajstić information content (AvgIpc) is 2.07. The molecule has 0 aliphatic heterocycles. The summed E-state index contributed by atoms with van der Waals surface area (Å²) in [6.07, 6.45) is 2.21. The van der Waals surface area contributed by atoms with Gasteiger partial charge in [-0.15, -0.1) is 0 Å². The number of aromatic nitrogens is 1. The number of rotatable bonds is 0. The summed E-state index contributed by atoms with van der Waals surface area (Å²) in [4.78, 5) is 14.8. The molecule has 1 aromatic rings. The van der Waals surface area contributed by atoms with Crippen molar-refractivity contribution in [1.29, 1.82) is 0 Å². The Labute approximate surface area is 69.4 Å². The minimum absolute atomic E-state index is 0.0317. The van der Waals surface area contributed by atoms with Crippen LogP contribution < -0.4 is 0 Å². The van der Waals surface area contributed by atoms with Crippen molar-refractivity contribution in [3.05, 3.63) is 29.3 Å². The second-order valence-electron chi connectivity index (χ2n) is 2.92. The molecule has 0 aromatic carbocycles. The molecule has 1 heterocycles. The molecule has 0 unspecified atom stereocenters. The molecule has 0 saturated carbocycles. The molecule has 0 fully saturated rings. The van der Waals surface area contributed by atoms with Crippen LogP contribution in [0.2, 0.25) is 0 Å². The van der Waals surface area contributed by atoms with Gasteiger partial charge < -0.3 is 0 Å². The normalized spacial score (nSPS) is 15.9. The van der Waals surface area contributed by atoms with E-state index in [1.165, 1.54) is 6.07 Å². The van der Waals surface area contributed by atoms with Gasteiger partial charge in [0.15, 0.2) is 5.78 Å². The molecular formula is C9H8FNO.